The second-order valence-corrected chi connectivity index (χ2v) is 6.10. The van der Waals surface area contributed by atoms with E-state index in [0.717, 1.165) is 18.3 Å². The van der Waals surface area contributed by atoms with Gasteiger partial charge in [0.15, 0.2) is 0 Å². The first-order chi connectivity index (χ1) is 8.22. The summed E-state index contributed by atoms with van der Waals surface area (Å²) in [6.07, 6.45) is 6.16. The minimum absolute atomic E-state index is 0.118. The highest BCUT2D eigenvalue weighted by Crippen LogP contribution is 2.49. The van der Waals surface area contributed by atoms with Crippen LogP contribution in [0, 0.1) is 24.7 Å². The fourth-order valence-electron chi connectivity index (χ4n) is 4.00. The molecule has 1 heteroatoms. The van der Waals surface area contributed by atoms with Crippen LogP contribution in [0.3, 0.4) is 0 Å². The highest BCUT2D eigenvalue weighted by Gasteiger charge is 2.42. The number of hydrogen-bond donors (Lipinski definition) is 1. The number of hydrogen-bond acceptors (Lipinski definition) is 1. The normalized spacial score (nSPS) is 32.9. The van der Waals surface area contributed by atoms with Gasteiger partial charge in [-0.3, -0.25) is 0 Å². The maximum Gasteiger partial charge on any atom is 0.0611 e. The van der Waals surface area contributed by atoms with Crippen LogP contribution in [0.2, 0.25) is 0 Å². The van der Waals surface area contributed by atoms with Gasteiger partial charge in [0, 0.05) is 0 Å². The molecule has 2 aliphatic carbocycles. The van der Waals surface area contributed by atoms with Crippen LogP contribution in [0.15, 0.2) is 24.3 Å². The van der Waals surface area contributed by atoms with Crippen LogP contribution < -0.4 is 0 Å². The fourth-order valence-corrected chi connectivity index (χ4v) is 4.00. The molecule has 0 heterocycles. The smallest absolute Gasteiger partial charge is 0.0611 e. The van der Waals surface area contributed by atoms with Crippen molar-refractivity contribution in [3.05, 3.63) is 35.4 Å². The third kappa shape index (κ3) is 2.26. The van der Waals surface area contributed by atoms with E-state index in [-0.39, 0.29) is 6.10 Å². The van der Waals surface area contributed by atoms with Gasteiger partial charge in [0.2, 0.25) is 0 Å². The third-order valence-electron chi connectivity index (χ3n) is 4.81. The Hall–Kier alpha value is -0.820. The third-order valence-corrected chi connectivity index (χ3v) is 4.81. The first-order valence-corrected chi connectivity index (χ1v) is 6.96. The summed E-state index contributed by atoms with van der Waals surface area (Å²) < 4.78 is 0. The molecule has 4 atom stereocenters. The first-order valence-electron chi connectivity index (χ1n) is 6.96. The molecular weight excluding hydrogens is 208 g/mol. The summed E-state index contributed by atoms with van der Waals surface area (Å²) in [5.74, 6) is 2.33. The van der Waals surface area contributed by atoms with Crippen molar-refractivity contribution in [3.63, 3.8) is 0 Å². The van der Waals surface area contributed by atoms with E-state index in [2.05, 4.69) is 31.2 Å². The number of aliphatic hydroxyl groups excluding tert-OH is 1. The second-order valence-electron chi connectivity index (χ2n) is 6.10. The maximum absolute atomic E-state index is 10.4. The zero-order chi connectivity index (χ0) is 11.8. The number of fused-ring (bicyclic) bond motifs is 2. The fraction of sp³-hybridized carbons (Fsp3) is 0.625. The molecule has 4 unspecified atom stereocenters. The number of aryl methyl sites for hydroxylation is 1. The van der Waals surface area contributed by atoms with Gasteiger partial charge in [-0.15, -0.1) is 0 Å². The van der Waals surface area contributed by atoms with E-state index in [1.54, 1.807) is 0 Å². The van der Waals surface area contributed by atoms with Gasteiger partial charge in [0.25, 0.3) is 0 Å². The Balaban J connectivity index is 1.65. The Morgan fingerprint density at radius 1 is 1.29 bits per heavy atom. The SMILES string of the molecule is Cc1cccc(CC(O)C2CC3CCC2C3)c1. The standard InChI is InChI=1S/C16H22O/c1-11-3-2-4-12(7-11)10-16(17)15-9-13-5-6-14(15)8-13/h2-4,7,13-17H,5-6,8-10H2,1H3. The molecule has 0 saturated heterocycles. The Kier molecular flexibility index (Phi) is 2.96. The predicted octanol–water partition coefficient (Wildman–Crippen LogP) is 3.33. The Morgan fingerprint density at radius 3 is 2.82 bits per heavy atom. The van der Waals surface area contributed by atoms with Crippen LogP contribution in [0.1, 0.15) is 36.8 Å². The van der Waals surface area contributed by atoms with E-state index < -0.39 is 0 Å². The molecule has 0 spiro atoms. The van der Waals surface area contributed by atoms with Crippen LogP contribution in [0.4, 0.5) is 0 Å². The van der Waals surface area contributed by atoms with Crippen molar-refractivity contribution < 1.29 is 5.11 Å². The Labute approximate surface area is 104 Å². The lowest BCUT2D eigenvalue weighted by atomic mass is 9.82. The molecule has 1 N–H and O–H groups in total. The lowest BCUT2D eigenvalue weighted by Crippen LogP contribution is -2.27. The molecule has 0 aliphatic heterocycles. The lowest BCUT2D eigenvalue weighted by Gasteiger charge is -2.26. The molecule has 1 aromatic rings. The van der Waals surface area contributed by atoms with Gasteiger partial charge in [-0.2, -0.15) is 0 Å². The van der Waals surface area contributed by atoms with Crippen LogP contribution in [-0.4, -0.2) is 11.2 Å². The summed E-state index contributed by atoms with van der Waals surface area (Å²) in [6, 6.07) is 8.56. The zero-order valence-electron chi connectivity index (χ0n) is 10.6. The van der Waals surface area contributed by atoms with Crippen LogP contribution in [-0.2, 0) is 6.42 Å². The largest absolute Gasteiger partial charge is 0.392 e. The van der Waals surface area contributed by atoms with Crippen LogP contribution >= 0.6 is 0 Å². The summed E-state index contributed by atoms with van der Waals surface area (Å²) in [5.41, 5.74) is 2.59. The van der Waals surface area contributed by atoms with Crippen LogP contribution in [0.25, 0.3) is 0 Å². The van der Waals surface area contributed by atoms with Crippen molar-refractivity contribution in [3.8, 4) is 0 Å². The van der Waals surface area contributed by atoms with E-state index in [4.69, 9.17) is 0 Å². The molecule has 2 fully saturated rings. The van der Waals surface area contributed by atoms with E-state index in [9.17, 15) is 5.11 Å². The summed E-state index contributed by atoms with van der Waals surface area (Å²) in [5, 5.41) is 10.4. The molecule has 1 aromatic carbocycles. The van der Waals surface area contributed by atoms with Crippen molar-refractivity contribution in [1.82, 2.24) is 0 Å². The Bertz CT molecular complexity index is 398. The predicted molar refractivity (Wildman–Crippen MR) is 69.8 cm³/mol. The highest BCUT2D eigenvalue weighted by molar-refractivity contribution is 5.23. The maximum atomic E-state index is 10.4. The second kappa shape index (κ2) is 4.45. The summed E-state index contributed by atoms with van der Waals surface area (Å²) in [4.78, 5) is 0. The van der Waals surface area contributed by atoms with Crippen molar-refractivity contribution in [2.45, 2.75) is 45.1 Å². The molecule has 0 radical (unpaired) electrons. The topological polar surface area (TPSA) is 20.2 Å². The van der Waals surface area contributed by atoms with Gasteiger partial charge in [-0.1, -0.05) is 36.2 Å². The molecule has 3 rings (SSSR count). The minimum Gasteiger partial charge on any atom is -0.392 e. The average molecular weight is 230 g/mol. The molecule has 92 valence electrons. The number of aliphatic hydroxyl groups is 1. The molecule has 1 nitrogen and oxygen atoms in total. The average Bonchev–Trinajstić information content (AvgIpc) is 2.90. The van der Waals surface area contributed by atoms with Gasteiger partial charge in [0.1, 0.15) is 0 Å². The molecule has 17 heavy (non-hydrogen) atoms. The van der Waals surface area contributed by atoms with Crippen molar-refractivity contribution in [2.24, 2.45) is 17.8 Å². The molecule has 2 bridgehead atoms. The lowest BCUT2D eigenvalue weighted by molar-refractivity contribution is 0.0751. The summed E-state index contributed by atoms with van der Waals surface area (Å²) >= 11 is 0. The molecule has 2 aliphatic rings. The van der Waals surface area contributed by atoms with Crippen LogP contribution in [0.5, 0.6) is 0 Å². The molecule has 0 aromatic heterocycles. The van der Waals surface area contributed by atoms with Gasteiger partial charge >= 0.3 is 0 Å². The van der Waals surface area contributed by atoms with E-state index in [0.29, 0.717) is 5.92 Å². The number of rotatable bonds is 3. The van der Waals surface area contributed by atoms with Gasteiger partial charge in [0.05, 0.1) is 6.10 Å². The van der Waals surface area contributed by atoms with Crippen molar-refractivity contribution >= 4 is 0 Å². The van der Waals surface area contributed by atoms with Gasteiger partial charge in [-0.05, 0) is 55.9 Å². The number of benzene rings is 1. The quantitative estimate of drug-likeness (QED) is 0.844. The minimum atomic E-state index is -0.118. The summed E-state index contributed by atoms with van der Waals surface area (Å²) in [6.45, 7) is 2.12. The van der Waals surface area contributed by atoms with E-state index in [1.807, 2.05) is 0 Å². The van der Waals surface area contributed by atoms with Gasteiger partial charge in [-0.25, -0.2) is 0 Å². The van der Waals surface area contributed by atoms with Crippen molar-refractivity contribution in [2.75, 3.05) is 0 Å². The molecule has 2 saturated carbocycles. The van der Waals surface area contributed by atoms with Crippen molar-refractivity contribution in [1.29, 1.82) is 0 Å². The zero-order valence-corrected chi connectivity index (χ0v) is 10.6. The van der Waals surface area contributed by atoms with E-state index >= 15 is 0 Å². The highest BCUT2D eigenvalue weighted by atomic mass is 16.3. The molecule has 0 amide bonds. The van der Waals surface area contributed by atoms with Gasteiger partial charge < -0.3 is 5.11 Å². The molecular formula is C16H22O. The monoisotopic (exact) mass is 230 g/mol. The summed E-state index contributed by atoms with van der Waals surface area (Å²) in [7, 11) is 0. The van der Waals surface area contributed by atoms with E-state index in [1.165, 1.54) is 36.8 Å². The first kappa shape index (κ1) is 11.3. The Morgan fingerprint density at radius 2 is 2.18 bits per heavy atom.